The van der Waals surface area contributed by atoms with Gasteiger partial charge in [0, 0.05) is 20.1 Å². The highest BCUT2D eigenvalue weighted by atomic mass is 19.4. The molecule has 0 aromatic heterocycles. The summed E-state index contributed by atoms with van der Waals surface area (Å²) in [5.74, 6) is 0. The molecule has 0 atom stereocenters. The Hall–Kier alpha value is -1.76. The number of amides is 2. The van der Waals surface area contributed by atoms with Gasteiger partial charge in [0.25, 0.3) is 0 Å². The summed E-state index contributed by atoms with van der Waals surface area (Å²) in [6.45, 7) is -0.682. The molecule has 106 valence electrons. The van der Waals surface area contributed by atoms with Crippen molar-refractivity contribution in [3.8, 4) is 0 Å². The monoisotopic (exact) mass is 275 g/mol. The highest BCUT2D eigenvalue weighted by Gasteiger charge is 2.28. The van der Waals surface area contributed by atoms with E-state index in [0.29, 0.717) is 6.54 Å². The lowest BCUT2D eigenvalue weighted by atomic mass is 10.1. The summed E-state index contributed by atoms with van der Waals surface area (Å²) in [7, 11) is 1.43. The third-order valence-electron chi connectivity index (χ3n) is 2.47. The molecule has 0 saturated carbocycles. The van der Waals surface area contributed by atoms with E-state index in [0.717, 1.165) is 11.1 Å². The molecule has 1 rings (SSSR count). The minimum absolute atomic E-state index is 0.231. The molecule has 0 aliphatic carbocycles. The van der Waals surface area contributed by atoms with Crippen LogP contribution in [0.15, 0.2) is 24.3 Å². The van der Waals surface area contributed by atoms with Gasteiger partial charge < -0.3 is 16.0 Å². The molecule has 1 aromatic rings. The fraction of sp³-hybridized carbons (Fsp3) is 0.417. The second kappa shape index (κ2) is 6.42. The minimum Gasteiger partial charge on any atom is -0.329 e. The molecule has 0 radical (unpaired) electrons. The Morgan fingerprint density at radius 2 is 1.79 bits per heavy atom. The highest BCUT2D eigenvalue weighted by Crippen LogP contribution is 2.12. The maximum Gasteiger partial charge on any atom is 0.405 e. The second-order valence-electron chi connectivity index (χ2n) is 4.15. The number of urea groups is 1. The Morgan fingerprint density at radius 3 is 2.26 bits per heavy atom. The number of carbonyl (C=O) groups excluding carboxylic acids is 1. The fourth-order valence-corrected chi connectivity index (χ4v) is 1.44. The van der Waals surface area contributed by atoms with Crippen LogP contribution in [0.5, 0.6) is 0 Å². The number of benzene rings is 1. The Bertz CT molecular complexity index is 417. The van der Waals surface area contributed by atoms with E-state index in [-0.39, 0.29) is 6.54 Å². The highest BCUT2D eigenvalue weighted by molar-refractivity contribution is 5.73. The molecule has 4 nitrogen and oxygen atoms in total. The van der Waals surface area contributed by atoms with E-state index < -0.39 is 18.8 Å². The van der Waals surface area contributed by atoms with Gasteiger partial charge >= 0.3 is 12.2 Å². The van der Waals surface area contributed by atoms with Crippen molar-refractivity contribution in [1.29, 1.82) is 0 Å². The predicted octanol–water partition coefficient (Wildman–Crippen LogP) is 1.85. The lowest BCUT2D eigenvalue weighted by Crippen LogP contribution is -2.41. The van der Waals surface area contributed by atoms with Crippen LogP contribution in [-0.4, -0.2) is 30.7 Å². The summed E-state index contributed by atoms with van der Waals surface area (Å²) in [5.41, 5.74) is 7.22. The number of alkyl halides is 3. The van der Waals surface area contributed by atoms with Crippen molar-refractivity contribution < 1.29 is 18.0 Å². The molecule has 0 spiro atoms. The van der Waals surface area contributed by atoms with Crippen LogP contribution in [0.1, 0.15) is 11.1 Å². The third kappa shape index (κ3) is 5.60. The van der Waals surface area contributed by atoms with Crippen LogP contribution in [0.25, 0.3) is 0 Å². The average molecular weight is 275 g/mol. The number of hydrogen-bond acceptors (Lipinski definition) is 2. The van der Waals surface area contributed by atoms with Gasteiger partial charge in [-0.25, -0.2) is 4.79 Å². The van der Waals surface area contributed by atoms with Gasteiger partial charge in [-0.1, -0.05) is 24.3 Å². The number of hydrogen-bond donors (Lipinski definition) is 2. The first-order chi connectivity index (χ1) is 8.81. The molecule has 3 N–H and O–H groups in total. The zero-order valence-corrected chi connectivity index (χ0v) is 10.5. The molecule has 0 heterocycles. The largest absolute Gasteiger partial charge is 0.405 e. The number of nitrogens with one attached hydrogen (secondary N) is 1. The number of nitrogens with zero attached hydrogens (tertiary/aromatic N) is 1. The molecular weight excluding hydrogens is 259 g/mol. The van der Waals surface area contributed by atoms with Crippen LogP contribution in [0.4, 0.5) is 18.0 Å². The van der Waals surface area contributed by atoms with E-state index >= 15 is 0 Å². The Labute approximate surface area is 109 Å². The standard InChI is InChI=1S/C12H16F3N3O/c1-18(11(19)17-8-12(13,14)15)7-10-4-2-9(6-16)3-5-10/h2-5H,6-8,16H2,1H3,(H,17,19). The lowest BCUT2D eigenvalue weighted by Gasteiger charge is -2.18. The van der Waals surface area contributed by atoms with Crippen molar-refractivity contribution in [2.75, 3.05) is 13.6 Å². The van der Waals surface area contributed by atoms with Crippen LogP contribution >= 0.6 is 0 Å². The van der Waals surface area contributed by atoms with Crippen molar-refractivity contribution in [3.05, 3.63) is 35.4 Å². The quantitative estimate of drug-likeness (QED) is 0.881. The van der Waals surface area contributed by atoms with E-state index in [9.17, 15) is 18.0 Å². The van der Waals surface area contributed by atoms with Crippen molar-refractivity contribution in [1.82, 2.24) is 10.2 Å². The van der Waals surface area contributed by atoms with Crippen LogP contribution in [0, 0.1) is 0 Å². The van der Waals surface area contributed by atoms with E-state index in [4.69, 9.17) is 5.73 Å². The van der Waals surface area contributed by atoms with Crippen LogP contribution in [-0.2, 0) is 13.1 Å². The minimum atomic E-state index is -4.40. The summed E-state index contributed by atoms with van der Waals surface area (Å²) >= 11 is 0. The summed E-state index contributed by atoms with van der Waals surface area (Å²) < 4.78 is 35.8. The van der Waals surface area contributed by atoms with E-state index in [1.54, 1.807) is 12.1 Å². The molecule has 2 amide bonds. The van der Waals surface area contributed by atoms with Crippen LogP contribution < -0.4 is 11.1 Å². The van der Waals surface area contributed by atoms with Gasteiger partial charge in [0.05, 0.1) is 0 Å². The fourth-order valence-electron chi connectivity index (χ4n) is 1.44. The van der Waals surface area contributed by atoms with Crippen molar-refractivity contribution in [2.45, 2.75) is 19.3 Å². The number of halogens is 3. The van der Waals surface area contributed by atoms with Gasteiger partial charge in [0.2, 0.25) is 0 Å². The summed E-state index contributed by atoms with van der Waals surface area (Å²) in [6, 6.07) is 6.44. The normalized spacial score (nSPS) is 11.2. The summed E-state index contributed by atoms with van der Waals surface area (Å²) in [6.07, 6.45) is -4.40. The van der Waals surface area contributed by atoms with Gasteiger partial charge in [-0.3, -0.25) is 0 Å². The molecule has 0 fully saturated rings. The molecule has 0 bridgehead atoms. The van der Waals surface area contributed by atoms with Gasteiger partial charge in [-0.2, -0.15) is 13.2 Å². The van der Waals surface area contributed by atoms with Crippen LogP contribution in [0.2, 0.25) is 0 Å². The molecule has 0 saturated heterocycles. The SMILES string of the molecule is CN(Cc1ccc(CN)cc1)C(=O)NCC(F)(F)F. The second-order valence-corrected chi connectivity index (χ2v) is 4.15. The molecule has 7 heteroatoms. The molecule has 19 heavy (non-hydrogen) atoms. The molecule has 0 unspecified atom stereocenters. The summed E-state index contributed by atoms with van der Waals surface area (Å²) in [4.78, 5) is 12.6. The van der Waals surface area contributed by atoms with E-state index in [1.165, 1.54) is 11.9 Å². The zero-order valence-electron chi connectivity index (χ0n) is 10.5. The zero-order chi connectivity index (χ0) is 14.5. The topological polar surface area (TPSA) is 58.4 Å². The van der Waals surface area contributed by atoms with Crippen LogP contribution in [0.3, 0.4) is 0 Å². The Kier molecular flexibility index (Phi) is 5.17. The first kappa shape index (κ1) is 15.3. The van der Waals surface area contributed by atoms with E-state index in [2.05, 4.69) is 0 Å². The average Bonchev–Trinajstić information content (AvgIpc) is 2.36. The maximum absolute atomic E-state index is 11.9. The van der Waals surface area contributed by atoms with Crippen molar-refractivity contribution in [2.24, 2.45) is 5.73 Å². The summed E-state index contributed by atoms with van der Waals surface area (Å²) in [5, 5.41) is 1.81. The Morgan fingerprint density at radius 1 is 1.26 bits per heavy atom. The Balaban J connectivity index is 2.49. The predicted molar refractivity (Wildman–Crippen MR) is 65.3 cm³/mol. The smallest absolute Gasteiger partial charge is 0.329 e. The number of rotatable bonds is 4. The maximum atomic E-state index is 11.9. The first-order valence-corrected chi connectivity index (χ1v) is 5.65. The molecule has 1 aromatic carbocycles. The van der Waals surface area contributed by atoms with Gasteiger partial charge in [-0.05, 0) is 11.1 Å². The number of nitrogens with two attached hydrogens (primary N) is 1. The third-order valence-corrected chi connectivity index (χ3v) is 2.47. The molecular formula is C12H16F3N3O. The number of carbonyl (C=O) groups is 1. The molecule has 0 aliphatic rings. The van der Waals surface area contributed by atoms with Crippen molar-refractivity contribution >= 4 is 6.03 Å². The molecule has 0 aliphatic heterocycles. The van der Waals surface area contributed by atoms with Gasteiger partial charge in [0.15, 0.2) is 0 Å². The van der Waals surface area contributed by atoms with Gasteiger partial charge in [-0.15, -0.1) is 0 Å². The van der Waals surface area contributed by atoms with Crippen molar-refractivity contribution in [3.63, 3.8) is 0 Å². The lowest BCUT2D eigenvalue weighted by molar-refractivity contribution is -0.123. The first-order valence-electron chi connectivity index (χ1n) is 5.65. The van der Waals surface area contributed by atoms with E-state index in [1.807, 2.05) is 17.4 Å². The van der Waals surface area contributed by atoms with Gasteiger partial charge in [0.1, 0.15) is 6.54 Å².